The molecule has 43 nitrogen and oxygen atoms in total. The van der Waals surface area contributed by atoms with E-state index in [0.717, 1.165) is 4.90 Å². The first-order valence-electron chi connectivity index (χ1n) is 45.2. The first kappa shape index (κ1) is 106. The van der Waals surface area contributed by atoms with Crippen LogP contribution in [0.5, 0.6) is 23.0 Å². The van der Waals surface area contributed by atoms with E-state index in [1.165, 1.54) is 102 Å². The van der Waals surface area contributed by atoms with Crippen molar-refractivity contribution in [3.8, 4) is 23.0 Å². The molecule has 137 heavy (non-hydrogen) atoms. The third-order valence-corrected chi connectivity index (χ3v) is 24.2. The number of carbonyl (C=O) groups is 17. The van der Waals surface area contributed by atoms with Crippen LogP contribution in [0.2, 0.25) is 0 Å². The van der Waals surface area contributed by atoms with Crippen LogP contribution in [0.15, 0.2) is 128 Å². The van der Waals surface area contributed by atoms with Crippen molar-refractivity contribution in [2.75, 3.05) is 50.8 Å². The highest BCUT2D eigenvalue weighted by molar-refractivity contribution is 8.00. The molecule has 9 rings (SSSR count). The smallest absolute Gasteiger partial charge is 0.303 e. The molecule has 738 valence electrons. The maximum absolute atomic E-state index is 15.5. The number of hydrogen-bond donors (Lipinski definition) is 24. The van der Waals surface area contributed by atoms with Crippen LogP contribution < -0.4 is 91.6 Å². The van der Waals surface area contributed by atoms with Crippen molar-refractivity contribution < 1.29 is 107 Å². The van der Waals surface area contributed by atoms with Gasteiger partial charge in [-0.05, 0) is 152 Å². The van der Waals surface area contributed by atoms with E-state index < -0.39 is 222 Å². The number of aromatic hydroxyl groups is 4. The van der Waals surface area contributed by atoms with Gasteiger partial charge >= 0.3 is 5.97 Å². The third kappa shape index (κ3) is 33.8. The second-order valence-corrected chi connectivity index (χ2v) is 36.1. The van der Waals surface area contributed by atoms with Gasteiger partial charge in [0.2, 0.25) is 94.5 Å². The van der Waals surface area contributed by atoms with E-state index in [4.69, 9.17) is 22.6 Å². The second-order valence-electron chi connectivity index (χ2n) is 35.0. The zero-order valence-electron chi connectivity index (χ0n) is 76.5. The summed E-state index contributed by atoms with van der Waals surface area (Å²) in [6, 6.07) is 9.50. The fourth-order valence-electron chi connectivity index (χ4n) is 16.3. The van der Waals surface area contributed by atoms with Crippen LogP contribution in [0.25, 0.3) is 10.9 Å². The molecule has 44 heteroatoms. The predicted molar refractivity (Wildman–Crippen MR) is 501 cm³/mol. The van der Waals surface area contributed by atoms with E-state index in [9.17, 15) is 73.5 Å². The molecule has 3 saturated heterocycles. The lowest BCUT2D eigenvalue weighted by Gasteiger charge is -2.32. The Kier molecular flexibility index (Phi) is 40.1. The number of guanidine groups is 1. The Hall–Kier alpha value is -14.6. The van der Waals surface area contributed by atoms with E-state index in [1.54, 1.807) is 44.3 Å². The van der Waals surface area contributed by atoms with Crippen molar-refractivity contribution in [2.24, 2.45) is 29.0 Å². The van der Waals surface area contributed by atoms with E-state index in [0.29, 0.717) is 56.9 Å². The number of phenols is 4. The number of rotatable bonds is 26. The molecule has 4 heterocycles. The number of nitrogens with one attached hydrogen (secondary N) is 16. The van der Waals surface area contributed by atoms with Gasteiger partial charge in [-0.25, -0.2) is 0 Å². The highest BCUT2D eigenvalue weighted by Crippen LogP contribution is 2.27. The van der Waals surface area contributed by atoms with Crippen molar-refractivity contribution in [1.29, 1.82) is 5.41 Å². The number of H-pyrrole nitrogens is 1. The fraction of sp³-hybridized carbons (Fsp3) is 0.462. The lowest BCUT2D eigenvalue weighted by atomic mass is 10.0. The molecule has 0 saturated carbocycles. The largest absolute Gasteiger partial charge is 0.508 e. The first-order valence-corrected chi connectivity index (χ1v) is 46.4. The summed E-state index contributed by atoms with van der Waals surface area (Å²) in [6.07, 6.45) is -1.22. The van der Waals surface area contributed by atoms with E-state index >= 15 is 33.6 Å². The number of carboxylic acid groups (broad SMARTS) is 1. The van der Waals surface area contributed by atoms with Gasteiger partial charge in [0.1, 0.15) is 89.5 Å². The lowest BCUT2D eigenvalue weighted by molar-refractivity contribution is -0.143. The molecule has 0 unspecified atom stereocenters. The average Bonchev–Trinajstić information content (AvgIpc) is 1.75. The maximum atomic E-state index is 15.5. The van der Waals surface area contributed by atoms with Crippen LogP contribution in [-0.4, -0.2) is 276 Å². The molecule has 0 aliphatic carbocycles. The van der Waals surface area contributed by atoms with Crippen LogP contribution in [-0.2, 0) is 114 Å². The Bertz CT molecular complexity index is 5280. The molecular formula is C93H123N21O22S. The standard InChI is InChI=1S/C93H123N21O22S/c1-50(2)36-57-45-100-64(31-32-80(123)124)83(127)107-66(37-51(3)4)81(125)102-47-78(121)104-70(42-56-44-99-63-11-6-5-10-62(56)63)87(131)108-68(39-53-17-25-59(116)26-18-53)86(130)112-73(82(126)101-46-77(95)120)48-137-49-79(122)105-67(38-52-15-23-58(115)24-16-52)84(128)109-71(43-76(94)119)88(132)111-72(41-55-21-29-61(118)30-22-55)92(136)114-35-9-14-75(114)90(134)110-69(40-54-19-27-60(117)28-20-54)85(129)106-65(12-7-33-98-93(96)97)91(135)113-34-8-13-74(113)89(133)103-57/h5-6,10-11,15-30,44,50-51,57,64-75,99-100,115-118H,7-9,12-14,31-43,45-49H2,1-4H3,(H2,94,119)(H2,95,120)(H,101,126)(H,102,125)(H,103,133)(H,104,121)(H,105,122)(H,106,129)(H,107,127)(H,108,131)(H,109,128)(H,110,134)(H,111,132)(H,112,130)(H,123,124)(H4,96,97,98)/t57-,64-,65-,66-,67+,68-,69-,70-,71-,72-,73-,74-,75-/m0/s1. The number of primary amides is 2. The fourth-order valence-corrected chi connectivity index (χ4v) is 17.2. The Labute approximate surface area is 794 Å². The molecule has 13 atom stereocenters. The Morgan fingerprint density at radius 3 is 1.44 bits per heavy atom. The van der Waals surface area contributed by atoms with Gasteiger partial charge in [0.05, 0.1) is 31.3 Å². The summed E-state index contributed by atoms with van der Waals surface area (Å²) < 4.78 is 0. The van der Waals surface area contributed by atoms with Crippen molar-refractivity contribution in [3.05, 3.63) is 155 Å². The first-order chi connectivity index (χ1) is 65.2. The summed E-state index contributed by atoms with van der Waals surface area (Å²) in [5.41, 5.74) is 19.3. The van der Waals surface area contributed by atoms with Gasteiger partial charge < -0.3 is 132 Å². The molecule has 5 aromatic carbocycles. The summed E-state index contributed by atoms with van der Waals surface area (Å²) in [7, 11) is 0. The molecule has 6 aromatic rings. The Morgan fingerprint density at radius 1 is 0.474 bits per heavy atom. The van der Waals surface area contributed by atoms with Crippen LogP contribution in [0.4, 0.5) is 0 Å². The Morgan fingerprint density at radius 2 is 0.920 bits per heavy atom. The summed E-state index contributed by atoms with van der Waals surface area (Å²) >= 11 is 0.704. The molecule has 3 aliphatic heterocycles. The number of aliphatic carboxylic acids is 1. The number of aromatic amines is 1. The highest BCUT2D eigenvalue weighted by atomic mass is 32.2. The van der Waals surface area contributed by atoms with Crippen LogP contribution >= 0.6 is 11.8 Å². The number of amides is 16. The number of carboxylic acids is 1. The summed E-state index contributed by atoms with van der Waals surface area (Å²) in [5, 5.41) is 97.4. The molecule has 16 amide bonds. The van der Waals surface area contributed by atoms with Crippen LogP contribution in [0.3, 0.4) is 0 Å². The molecule has 3 aliphatic rings. The van der Waals surface area contributed by atoms with Crippen molar-refractivity contribution in [2.45, 2.75) is 209 Å². The van der Waals surface area contributed by atoms with Gasteiger partial charge in [0, 0.05) is 93.6 Å². The summed E-state index contributed by atoms with van der Waals surface area (Å²) in [4.78, 5) is 252. The van der Waals surface area contributed by atoms with Crippen molar-refractivity contribution in [3.63, 3.8) is 0 Å². The molecule has 27 N–H and O–H groups in total. The van der Waals surface area contributed by atoms with Gasteiger partial charge in [-0.3, -0.25) is 86.9 Å². The lowest BCUT2D eigenvalue weighted by Crippen LogP contribution is -2.61. The minimum absolute atomic E-state index is 0.00815. The zero-order chi connectivity index (χ0) is 99.7. The van der Waals surface area contributed by atoms with E-state index in [2.05, 4.69) is 79.4 Å². The maximum Gasteiger partial charge on any atom is 0.303 e. The SMILES string of the molecule is CC(C)C[C@H]1CN[C@@H](CCC(=O)O)C(=O)N[C@@H](CC(C)C)C(=O)NCC(=O)N[C@@H](Cc2c[nH]c3ccccc23)C(=O)N[C@@H](Cc2ccc(O)cc2)C(=O)N[C@H](C(=O)NCC(N)=O)CSCC(=O)N[C@H](Cc2ccc(O)cc2)C(=O)N[C@@H](CC(N)=O)C(=O)N[C@@H](Cc2ccc(O)cc2)C(=O)N2CCC[C@H]2C(=O)N[C@@H](Cc2ccc(O)cc2)C(=O)N[C@@H](CCCNC(=N)N)C(=O)N2CCC[C@H]2C(=O)N1. The normalized spacial score (nSPS) is 23.2. The number of aromatic nitrogens is 1. The number of benzene rings is 5. The van der Waals surface area contributed by atoms with Crippen molar-refractivity contribution >= 4 is 129 Å². The van der Waals surface area contributed by atoms with Crippen molar-refractivity contribution in [1.82, 2.24) is 89.2 Å². The molecular weight excluding hydrogens is 1800 g/mol. The summed E-state index contributed by atoms with van der Waals surface area (Å²) in [6.45, 7) is 5.36. The quantitative estimate of drug-likeness (QED) is 0.0156. The predicted octanol–water partition coefficient (Wildman–Crippen LogP) is -2.15. The number of phenolic OH excluding ortho intramolecular Hbond substituents is 4. The number of nitrogens with zero attached hydrogens (tertiary/aromatic N) is 2. The second kappa shape index (κ2) is 51.8. The monoisotopic (exact) mass is 1920 g/mol. The molecule has 0 bridgehead atoms. The third-order valence-electron chi connectivity index (χ3n) is 23.1. The number of nitrogens with two attached hydrogens (primary N) is 3. The average molecular weight is 1920 g/mol. The minimum Gasteiger partial charge on any atom is -0.508 e. The van der Waals surface area contributed by atoms with Gasteiger partial charge in [0.25, 0.3) is 0 Å². The highest BCUT2D eigenvalue weighted by Gasteiger charge is 2.44. The molecule has 3 fully saturated rings. The number of para-hydroxylation sites is 1. The topological polar surface area (TPSA) is 684 Å². The number of fused-ring (bicyclic) bond motifs is 3. The van der Waals surface area contributed by atoms with Crippen LogP contribution in [0, 0.1) is 17.2 Å². The van der Waals surface area contributed by atoms with E-state index in [-0.39, 0.29) is 144 Å². The number of hydrogen-bond acceptors (Lipinski definition) is 24. The molecule has 0 spiro atoms. The number of thioether (sulfide) groups is 1. The van der Waals surface area contributed by atoms with E-state index in [1.807, 2.05) is 13.8 Å². The van der Waals surface area contributed by atoms with Gasteiger partial charge in [-0.2, -0.15) is 0 Å². The van der Waals surface area contributed by atoms with Gasteiger partial charge in [0.15, 0.2) is 5.96 Å². The number of carbonyl (C=O) groups excluding carboxylic acids is 16. The zero-order valence-corrected chi connectivity index (χ0v) is 77.3. The van der Waals surface area contributed by atoms with Gasteiger partial charge in [-0.1, -0.05) is 94.4 Å². The Balaban J connectivity index is 1.09. The molecule has 1 aromatic heterocycles. The molecule has 0 radical (unpaired) electrons. The van der Waals surface area contributed by atoms with Crippen LogP contribution in [0.1, 0.15) is 126 Å². The summed E-state index contributed by atoms with van der Waals surface area (Å²) in [5.74, 6) is -19.3. The van der Waals surface area contributed by atoms with Gasteiger partial charge in [-0.15, -0.1) is 11.8 Å². The minimum atomic E-state index is -1.94.